The van der Waals surface area contributed by atoms with E-state index in [1.54, 1.807) is 6.92 Å². The molecule has 1 unspecified atom stereocenters. The fourth-order valence-electron chi connectivity index (χ4n) is 3.49. The third-order valence-electron chi connectivity index (χ3n) is 5.05. The van der Waals surface area contributed by atoms with Gasteiger partial charge in [0.1, 0.15) is 5.02 Å². The zero-order chi connectivity index (χ0) is 24.7. The van der Waals surface area contributed by atoms with Gasteiger partial charge in [-0.15, -0.1) is 0 Å². The van der Waals surface area contributed by atoms with Crippen molar-refractivity contribution in [2.45, 2.75) is 19.1 Å². The number of anilines is 1. The molecule has 2 aromatic carbocycles. The smallest absolute Gasteiger partial charge is 0.351 e. The molecule has 1 amide bonds. The Morgan fingerprint density at radius 2 is 1.91 bits per heavy atom. The summed E-state index contributed by atoms with van der Waals surface area (Å²) in [6.07, 6.45) is -4.56. The highest BCUT2D eigenvalue weighted by molar-refractivity contribution is 7.80. The van der Waals surface area contributed by atoms with Crippen molar-refractivity contribution in [3.05, 3.63) is 80.0 Å². The minimum Gasteiger partial charge on any atom is -0.351 e. The summed E-state index contributed by atoms with van der Waals surface area (Å²) in [4.78, 5) is 26.4. The van der Waals surface area contributed by atoms with Crippen molar-refractivity contribution in [2.24, 2.45) is 0 Å². The van der Waals surface area contributed by atoms with E-state index < -0.39 is 28.6 Å². The highest BCUT2D eigenvalue weighted by atomic mass is 35.5. The molecule has 0 spiro atoms. The lowest BCUT2D eigenvalue weighted by Gasteiger charge is -2.38. The minimum atomic E-state index is -4.56. The van der Waals surface area contributed by atoms with Crippen LogP contribution in [0.2, 0.25) is 5.02 Å². The third-order valence-corrected chi connectivity index (χ3v) is 5.67. The predicted molar refractivity (Wildman–Crippen MR) is 122 cm³/mol. The Labute approximate surface area is 197 Å². The minimum absolute atomic E-state index is 0.0322. The average molecular weight is 499 g/mol. The van der Waals surface area contributed by atoms with E-state index >= 15 is 0 Å². The number of nitrogens with one attached hydrogen (secondary N) is 1. The van der Waals surface area contributed by atoms with E-state index in [1.807, 2.05) is 0 Å². The molecule has 0 bridgehead atoms. The molecule has 1 aliphatic heterocycles. The lowest BCUT2D eigenvalue weighted by Crippen LogP contribution is -2.49. The first kappa shape index (κ1) is 24.5. The molecule has 0 fully saturated rings. The van der Waals surface area contributed by atoms with E-state index in [0.29, 0.717) is 11.3 Å². The Balaban J connectivity index is 2.20. The van der Waals surface area contributed by atoms with E-state index in [-0.39, 0.29) is 27.1 Å². The summed E-state index contributed by atoms with van der Waals surface area (Å²) < 4.78 is 39.8. The van der Waals surface area contributed by atoms with Crippen LogP contribution in [0.4, 0.5) is 24.5 Å². The number of likely N-dealkylation sites (N-methyl/N-ethyl adjacent to an activating group) is 1. The van der Waals surface area contributed by atoms with Gasteiger partial charge in [0, 0.05) is 31.5 Å². The summed E-state index contributed by atoms with van der Waals surface area (Å²) in [6.45, 7) is 1.56. The van der Waals surface area contributed by atoms with Crippen LogP contribution in [0.25, 0.3) is 0 Å². The maximum Gasteiger partial charge on any atom is 0.416 e. The van der Waals surface area contributed by atoms with Crippen LogP contribution in [0.1, 0.15) is 24.1 Å². The molecule has 2 aromatic rings. The van der Waals surface area contributed by atoms with Gasteiger partial charge in [-0.2, -0.15) is 13.2 Å². The van der Waals surface area contributed by atoms with Gasteiger partial charge in [-0.25, -0.2) is 0 Å². The molecule has 174 valence electrons. The summed E-state index contributed by atoms with van der Waals surface area (Å²) in [5.74, 6) is -0.443. The van der Waals surface area contributed by atoms with Crippen molar-refractivity contribution in [3.8, 4) is 0 Å². The Kier molecular flexibility index (Phi) is 6.66. The second-order valence-corrected chi connectivity index (χ2v) is 8.23. The summed E-state index contributed by atoms with van der Waals surface area (Å²) in [7, 11) is 3.04. The first-order valence-electron chi connectivity index (χ1n) is 9.47. The first-order chi connectivity index (χ1) is 15.3. The second-order valence-electron chi connectivity index (χ2n) is 7.43. The molecule has 7 nitrogen and oxygen atoms in total. The van der Waals surface area contributed by atoms with E-state index in [1.165, 1.54) is 54.2 Å². The van der Waals surface area contributed by atoms with Crippen molar-refractivity contribution in [1.29, 1.82) is 0 Å². The summed E-state index contributed by atoms with van der Waals surface area (Å²) in [5, 5.41) is 14.3. The molecule has 0 saturated carbocycles. The second kappa shape index (κ2) is 8.99. The van der Waals surface area contributed by atoms with Crippen LogP contribution in [0, 0.1) is 10.1 Å². The number of alkyl halides is 3. The molecular weight excluding hydrogens is 481 g/mol. The first-order valence-corrected chi connectivity index (χ1v) is 10.3. The summed E-state index contributed by atoms with van der Waals surface area (Å²) in [6, 6.07) is 7.77. The largest absolute Gasteiger partial charge is 0.416 e. The van der Waals surface area contributed by atoms with Crippen LogP contribution in [0.5, 0.6) is 0 Å². The van der Waals surface area contributed by atoms with Crippen LogP contribution in [-0.4, -0.2) is 34.9 Å². The van der Waals surface area contributed by atoms with Crippen LogP contribution in [-0.2, 0) is 11.0 Å². The number of nitro groups is 1. The number of nitro benzene ring substituents is 1. The Bertz CT molecular complexity index is 1180. The van der Waals surface area contributed by atoms with Gasteiger partial charge in [-0.1, -0.05) is 23.7 Å². The van der Waals surface area contributed by atoms with Gasteiger partial charge in [0.2, 0.25) is 0 Å². The van der Waals surface area contributed by atoms with E-state index in [9.17, 15) is 28.1 Å². The van der Waals surface area contributed by atoms with Crippen molar-refractivity contribution in [3.63, 3.8) is 0 Å². The van der Waals surface area contributed by atoms with E-state index in [4.69, 9.17) is 23.8 Å². The van der Waals surface area contributed by atoms with Crippen LogP contribution in [0.3, 0.4) is 0 Å². The Morgan fingerprint density at radius 3 is 2.48 bits per heavy atom. The molecular formula is C21H18ClF3N4O3S. The van der Waals surface area contributed by atoms with Gasteiger partial charge in [0.25, 0.3) is 11.6 Å². The van der Waals surface area contributed by atoms with Gasteiger partial charge < -0.3 is 10.2 Å². The number of nitrogens with zero attached hydrogens (tertiary/aromatic N) is 3. The molecule has 0 saturated heterocycles. The van der Waals surface area contributed by atoms with Crippen LogP contribution >= 0.6 is 23.8 Å². The fraction of sp³-hybridized carbons (Fsp3) is 0.238. The van der Waals surface area contributed by atoms with Gasteiger partial charge in [-0.05, 0) is 49.0 Å². The number of hydrogen-bond acceptors (Lipinski definition) is 4. The van der Waals surface area contributed by atoms with Gasteiger partial charge in [0.05, 0.1) is 22.1 Å². The predicted octanol–water partition coefficient (Wildman–Crippen LogP) is 5.07. The molecule has 1 heterocycles. The normalized spacial score (nSPS) is 16.5. The molecule has 33 heavy (non-hydrogen) atoms. The number of amides is 1. The number of carbonyl (C=O) groups excluding carboxylic acids is 1. The number of hydrogen-bond donors (Lipinski definition) is 1. The standard InChI is InChI=1S/C21H18ClF3N4O3S/c1-11-17(19(30)27(2)3)18(12-7-8-15(22)16(9-12)29(31)32)26-20(33)28(11)14-6-4-5-13(10-14)21(23,24)25/h4-10,18H,1-3H3,(H,26,33). The van der Waals surface area contributed by atoms with Crippen molar-refractivity contribution >= 4 is 46.2 Å². The maximum atomic E-state index is 13.3. The maximum absolute atomic E-state index is 13.3. The molecule has 1 N–H and O–H groups in total. The number of allylic oxidation sites excluding steroid dienone is 1. The highest BCUT2D eigenvalue weighted by Gasteiger charge is 2.37. The van der Waals surface area contributed by atoms with Gasteiger partial charge in [-0.3, -0.25) is 19.8 Å². The average Bonchev–Trinajstić information content (AvgIpc) is 2.72. The van der Waals surface area contributed by atoms with Crippen molar-refractivity contribution < 1.29 is 22.9 Å². The number of thiocarbonyl (C=S) groups is 1. The molecule has 0 radical (unpaired) electrons. The zero-order valence-corrected chi connectivity index (χ0v) is 19.2. The fourth-order valence-corrected chi connectivity index (χ4v) is 4.04. The lowest BCUT2D eigenvalue weighted by atomic mass is 9.93. The Hall–Kier alpha value is -3.18. The molecule has 1 aliphatic rings. The quantitative estimate of drug-likeness (QED) is 0.360. The molecule has 1 atom stereocenters. The molecule has 0 aliphatic carbocycles. The van der Waals surface area contributed by atoms with Crippen molar-refractivity contribution in [2.75, 3.05) is 19.0 Å². The van der Waals surface area contributed by atoms with Crippen LogP contribution in [0.15, 0.2) is 53.7 Å². The third kappa shape index (κ3) is 4.79. The lowest BCUT2D eigenvalue weighted by molar-refractivity contribution is -0.384. The van der Waals surface area contributed by atoms with Crippen molar-refractivity contribution in [1.82, 2.24) is 10.2 Å². The molecule has 3 rings (SSSR count). The zero-order valence-electron chi connectivity index (χ0n) is 17.6. The van der Waals surface area contributed by atoms with Gasteiger partial charge in [0.15, 0.2) is 5.11 Å². The summed E-state index contributed by atoms with van der Waals surface area (Å²) in [5.41, 5.74) is -0.295. The van der Waals surface area contributed by atoms with Crippen LogP contribution < -0.4 is 10.2 Å². The SMILES string of the molecule is CC1=C(C(=O)N(C)C)C(c2ccc(Cl)c([N+](=O)[O-])c2)NC(=S)N1c1cccc(C(F)(F)F)c1. The van der Waals surface area contributed by atoms with Gasteiger partial charge >= 0.3 is 6.18 Å². The summed E-state index contributed by atoms with van der Waals surface area (Å²) >= 11 is 11.3. The molecule has 0 aromatic heterocycles. The number of rotatable bonds is 4. The number of carbonyl (C=O) groups is 1. The van der Waals surface area contributed by atoms with E-state index in [2.05, 4.69) is 5.32 Å². The monoisotopic (exact) mass is 498 g/mol. The molecule has 12 heteroatoms. The number of benzene rings is 2. The topological polar surface area (TPSA) is 78.7 Å². The van der Waals surface area contributed by atoms with E-state index in [0.717, 1.165) is 12.1 Å². The highest BCUT2D eigenvalue weighted by Crippen LogP contribution is 2.38. The number of halogens is 4. The Morgan fingerprint density at radius 1 is 1.24 bits per heavy atom.